The molecule has 0 bridgehead atoms. The standard InChI is InChI=1S/C12H23N3O2/c16-9-8-14-4-6-15(7-5-14)12(17)10-11-2-1-3-13-11/h11,13,16H,1-10H2. The van der Waals surface area contributed by atoms with Gasteiger partial charge in [-0.2, -0.15) is 0 Å². The summed E-state index contributed by atoms with van der Waals surface area (Å²) in [4.78, 5) is 16.2. The van der Waals surface area contributed by atoms with E-state index in [1.165, 1.54) is 6.42 Å². The van der Waals surface area contributed by atoms with Gasteiger partial charge in [0.2, 0.25) is 5.91 Å². The molecule has 2 heterocycles. The van der Waals surface area contributed by atoms with Crippen LogP contribution < -0.4 is 5.32 Å². The quantitative estimate of drug-likeness (QED) is 0.681. The molecule has 0 aromatic heterocycles. The maximum absolute atomic E-state index is 12.0. The zero-order chi connectivity index (χ0) is 12.1. The number of carbonyl (C=O) groups is 1. The Labute approximate surface area is 103 Å². The van der Waals surface area contributed by atoms with E-state index in [9.17, 15) is 4.79 Å². The number of β-amino-alcohol motifs (C(OH)–C–C–N with tert-alkyl or cyclic N) is 1. The van der Waals surface area contributed by atoms with Gasteiger partial charge in [-0.05, 0) is 19.4 Å². The molecule has 1 atom stereocenters. The van der Waals surface area contributed by atoms with Crippen LogP contribution in [0.5, 0.6) is 0 Å². The minimum Gasteiger partial charge on any atom is -0.395 e. The molecule has 2 saturated heterocycles. The second kappa shape index (κ2) is 6.33. The molecular weight excluding hydrogens is 218 g/mol. The van der Waals surface area contributed by atoms with Gasteiger partial charge in [0.15, 0.2) is 0 Å². The Kier molecular flexibility index (Phi) is 4.76. The maximum atomic E-state index is 12.0. The Morgan fingerprint density at radius 1 is 1.29 bits per heavy atom. The van der Waals surface area contributed by atoms with Gasteiger partial charge in [0.1, 0.15) is 0 Å². The third kappa shape index (κ3) is 3.66. The van der Waals surface area contributed by atoms with Crippen LogP contribution in [0.3, 0.4) is 0 Å². The Morgan fingerprint density at radius 3 is 2.65 bits per heavy atom. The smallest absolute Gasteiger partial charge is 0.224 e. The third-order valence-corrected chi connectivity index (χ3v) is 3.72. The summed E-state index contributed by atoms with van der Waals surface area (Å²) in [6.45, 7) is 5.40. The number of amides is 1. The highest BCUT2D eigenvalue weighted by Crippen LogP contribution is 2.11. The minimum atomic E-state index is 0.208. The van der Waals surface area contributed by atoms with Crippen molar-refractivity contribution in [1.29, 1.82) is 0 Å². The van der Waals surface area contributed by atoms with Crippen LogP contribution in [0.4, 0.5) is 0 Å². The molecule has 1 unspecified atom stereocenters. The van der Waals surface area contributed by atoms with E-state index in [1.807, 2.05) is 4.90 Å². The van der Waals surface area contributed by atoms with E-state index in [4.69, 9.17) is 5.11 Å². The minimum absolute atomic E-state index is 0.208. The summed E-state index contributed by atoms with van der Waals surface area (Å²) >= 11 is 0. The van der Waals surface area contributed by atoms with Crippen molar-refractivity contribution in [2.45, 2.75) is 25.3 Å². The number of carbonyl (C=O) groups excluding carboxylic acids is 1. The van der Waals surface area contributed by atoms with Crippen LogP contribution in [0.2, 0.25) is 0 Å². The largest absolute Gasteiger partial charge is 0.395 e. The molecule has 0 radical (unpaired) electrons. The van der Waals surface area contributed by atoms with Crippen molar-refractivity contribution in [2.24, 2.45) is 0 Å². The summed E-state index contributed by atoms with van der Waals surface area (Å²) in [6.07, 6.45) is 2.98. The average molecular weight is 241 g/mol. The van der Waals surface area contributed by atoms with Gasteiger partial charge < -0.3 is 15.3 Å². The topological polar surface area (TPSA) is 55.8 Å². The van der Waals surface area contributed by atoms with Crippen molar-refractivity contribution in [1.82, 2.24) is 15.1 Å². The molecule has 2 aliphatic heterocycles. The predicted molar refractivity (Wildman–Crippen MR) is 65.7 cm³/mol. The van der Waals surface area contributed by atoms with Crippen LogP contribution in [0.15, 0.2) is 0 Å². The van der Waals surface area contributed by atoms with Crippen molar-refractivity contribution >= 4 is 5.91 Å². The van der Waals surface area contributed by atoms with E-state index in [-0.39, 0.29) is 12.5 Å². The highest BCUT2D eigenvalue weighted by Gasteiger charge is 2.24. The second-order valence-corrected chi connectivity index (χ2v) is 4.94. The van der Waals surface area contributed by atoms with Crippen LogP contribution in [-0.2, 0) is 4.79 Å². The van der Waals surface area contributed by atoms with Crippen molar-refractivity contribution in [3.05, 3.63) is 0 Å². The van der Waals surface area contributed by atoms with E-state index in [0.717, 1.165) is 45.7 Å². The molecule has 2 aliphatic rings. The molecular formula is C12H23N3O2. The summed E-state index contributed by atoms with van der Waals surface area (Å²) in [5.74, 6) is 0.285. The lowest BCUT2D eigenvalue weighted by atomic mass is 10.1. The van der Waals surface area contributed by atoms with Crippen LogP contribution >= 0.6 is 0 Å². The predicted octanol–water partition coefficient (Wildman–Crippen LogP) is -0.735. The SMILES string of the molecule is O=C(CC1CCCN1)N1CCN(CCO)CC1. The lowest BCUT2D eigenvalue weighted by Gasteiger charge is -2.34. The zero-order valence-corrected chi connectivity index (χ0v) is 10.4. The summed E-state index contributed by atoms with van der Waals surface area (Å²) in [5.41, 5.74) is 0. The first-order valence-corrected chi connectivity index (χ1v) is 6.64. The molecule has 5 nitrogen and oxygen atoms in total. The fraction of sp³-hybridized carbons (Fsp3) is 0.917. The van der Waals surface area contributed by atoms with Gasteiger partial charge in [0, 0.05) is 45.2 Å². The van der Waals surface area contributed by atoms with Gasteiger partial charge in [0.05, 0.1) is 6.61 Å². The Bertz CT molecular complexity index is 246. The molecule has 0 saturated carbocycles. The highest BCUT2D eigenvalue weighted by molar-refractivity contribution is 5.77. The number of aliphatic hydroxyl groups is 1. The van der Waals surface area contributed by atoms with Crippen molar-refractivity contribution < 1.29 is 9.90 Å². The summed E-state index contributed by atoms with van der Waals surface area (Å²) in [6, 6.07) is 0.401. The number of rotatable bonds is 4. The highest BCUT2D eigenvalue weighted by atomic mass is 16.3. The molecule has 1 amide bonds. The first-order chi connectivity index (χ1) is 8.29. The molecule has 0 aliphatic carbocycles. The molecule has 0 spiro atoms. The fourth-order valence-electron chi connectivity index (χ4n) is 2.63. The van der Waals surface area contributed by atoms with Crippen LogP contribution in [-0.4, -0.2) is 72.7 Å². The summed E-state index contributed by atoms with van der Waals surface area (Å²) < 4.78 is 0. The lowest BCUT2D eigenvalue weighted by Crippen LogP contribution is -2.50. The van der Waals surface area contributed by atoms with Gasteiger partial charge in [-0.25, -0.2) is 0 Å². The molecule has 0 aromatic rings. The van der Waals surface area contributed by atoms with Crippen LogP contribution in [0.1, 0.15) is 19.3 Å². The van der Waals surface area contributed by atoms with Crippen LogP contribution in [0.25, 0.3) is 0 Å². The Hall–Kier alpha value is -0.650. The third-order valence-electron chi connectivity index (χ3n) is 3.72. The van der Waals surface area contributed by atoms with Gasteiger partial charge in [-0.15, -0.1) is 0 Å². The first-order valence-electron chi connectivity index (χ1n) is 6.64. The summed E-state index contributed by atoms with van der Waals surface area (Å²) in [5, 5.41) is 12.2. The number of aliphatic hydroxyl groups excluding tert-OH is 1. The number of hydrogen-bond acceptors (Lipinski definition) is 4. The van der Waals surface area contributed by atoms with E-state index in [2.05, 4.69) is 10.2 Å². The monoisotopic (exact) mass is 241 g/mol. The lowest BCUT2D eigenvalue weighted by molar-refractivity contribution is -0.133. The van der Waals surface area contributed by atoms with Crippen LogP contribution in [0, 0.1) is 0 Å². The number of nitrogens with zero attached hydrogens (tertiary/aromatic N) is 2. The average Bonchev–Trinajstić information content (AvgIpc) is 2.83. The molecule has 0 aromatic carbocycles. The maximum Gasteiger partial charge on any atom is 0.224 e. The zero-order valence-electron chi connectivity index (χ0n) is 10.4. The van der Waals surface area contributed by atoms with Gasteiger partial charge in [-0.1, -0.05) is 0 Å². The van der Waals surface area contributed by atoms with Crippen molar-refractivity contribution in [2.75, 3.05) is 45.9 Å². The fourth-order valence-corrected chi connectivity index (χ4v) is 2.63. The van der Waals surface area contributed by atoms with Crippen molar-refractivity contribution in [3.8, 4) is 0 Å². The summed E-state index contributed by atoms with van der Waals surface area (Å²) in [7, 11) is 0. The normalized spacial score (nSPS) is 26.4. The van der Waals surface area contributed by atoms with Crippen molar-refractivity contribution in [3.63, 3.8) is 0 Å². The van der Waals surface area contributed by atoms with E-state index >= 15 is 0 Å². The van der Waals surface area contributed by atoms with Gasteiger partial charge >= 0.3 is 0 Å². The Morgan fingerprint density at radius 2 is 2.06 bits per heavy atom. The number of hydrogen-bond donors (Lipinski definition) is 2. The molecule has 2 rings (SSSR count). The first kappa shape index (κ1) is 12.8. The molecule has 98 valence electrons. The molecule has 2 N–H and O–H groups in total. The molecule has 17 heavy (non-hydrogen) atoms. The Balaban J connectivity index is 1.70. The molecule has 5 heteroatoms. The van der Waals surface area contributed by atoms with E-state index in [0.29, 0.717) is 12.5 Å². The molecule has 2 fully saturated rings. The number of piperazine rings is 1. The van der Waals surface area contributed by atoms with Gasteiger partial charge in [0.25, 0.3) is 0 Å². The number of nitrogens with one attached hydrogen (secondary N) is 1. The van der Waals surface area contributed by atoms with E-state index in [1.54, 1.807) is 0 Å². The van der Waals surface area contributed by atoms with Gasteiger partial charge in [-0.3, -0.25) is 9.69 Å². The van der Waals surface area contributed by atoms with E-state index < -0.39 is 0 Å². The second-order valence-electron chi connectivity index (χ2n) is 4.94.